The molecule has 11 heteroatoms. The van der Waals surface area contributed by atoms with Gasteiger partial charge in [0.25, 0.3) is 0 Å². The molecule has 3 heterocycles. The van der Waals surface area contributed by atoms with E-state index in [2.05, 4.69) is 43.4 Å². The summed E-state index contributed by atoms with van der Waals surface area (Å²) in [5.74, 6) is 1.37. The van der Waals surface area contributed by atoms with Crippen molar-refractivity contribution in [1.29, 1.82) is 0 Å². The van der Waals surface area contributed by atoms with E-state index in [4.69, 9.17) is 16.3 Å². The number of piperidine rings is 1. The molecule has 6 bridgehead atoms. The van der Waals surface area contributed by atoms with Gasteiger partial charge in [-0.1, -0.05) is 29.8 Å². The lowest BCUT2D eigenvalue weighted by atomic mass is 9.95. The lowest BCUT2D eigenvalue weighted by molar-refractivity contribution is -0.121. The second-order valence-corrected chi connectivity index (χ2v) is 11.0. The number of fused-ring (bicyclic) bond motifs is 6. The number of urea groups is 1. The summed E-state index contributed by atoms with van der Waals surface area (Å²) in [4.78, 5) is 36.8. The molecule has 0 saturated carbocycles. The second kappa shape index (κ2) is 12.6. The number of carbonyl (C=O) groups is 2. The number of hydrogen-bond donors (Lipinski definition) is 4. The molecule has 1 aromatic heterocycles. The quantitative estimate of drug-likeness (QED) is 0.209. The van der Waals surface area contributed by atoms with Crippen LogP contribution in [0.15, 0.2) is 72.9 Å². The molecule has 2 aliphatic heterocycles. The van der Waals surface area contributed by atoms with Crippen LogP contribution in [0.5, 0.6) is 5.75 Å². The Bertz CT molecular complexity index is 1660. The van der Waals surface area contributed by atoms with Crippen LogP contribution in [0.1, 0.15) is 24.0 Å². The highest BCUT2D eigenvalue weighted by molar-refractivity contribution is 6.32. The van der Waals surface area contributed by atoms with Gasteiger partial charge in [-0.25, -0.2) is 9.78 Å². The summed E-state index contributed by atoms with van der Waals surface area (Å²) in [7, 11) is 1.59. The fourth-order valence-electron chi connectivity index (χ4n) is 5.35. The van der Waals surface area contributed by atoms with Crippen LogP contribution in [0.25, 0.3) is 0 Å². The van der Waals surface area contributed by atoms with Crippen LogP contribution in [0.2, 0.25) is 5.02 Å². The zero-order valence-corrected chi connectivity index (χ0v) is 24.4. The first-order chi connectivity index (χ1) is 20.9. The number of aryl methyl sites for hydroxylation is 2. The summed E-state index contributed by atoms with van der Waals surface area (Å²) in [6.07, 6.45) is 4.23. The molecule has 10 nitrogen and oxygen atoms in total. The number of benzene rings is 3. The van der Waals surface area contributed by atoms with Gasteiger partial charge in [0.2, 0.25) is 11.9 Å². The fraction of sp³-hybridized carbons (Fsp3) is 0.250. The lowest BCUT2D eigenvalue weighted by Crippen LogP contribution is -2.43. The number of amides is 3. The number of anilines is 6. The Morgan fingerprint density at radius 2 is 1.77 bits per heavy atom. The zero-order chi connectivity index (χ0) is 29.8. The molecule has 3 amide bonds. The van der Waals surface area contributed by atoms with Crippen molar-refractivity contribution in [3.05, 3.63) is 89.1 Å². The fourth-order valence-corrected chi connectivity index (χ4v) is 5.49. The van der Waals surface area contributed by atoms with E-state index >= 15 is 0 Å². The average Bonchev–Trinajstić information content (AvgIpc) is 3.03. The van der Waals surface area contributed by atoms with Crippen LogP contribution in [-0.4, -0.2) is 47.0 Å². The Balaban J connectivity index is 1.14. The van der Waals surface area contributed by atoms with Crippen LogP contribution < -0.4 is 26.0 Å². The van der Waals surface area contributed by atoms with Crippen molar-refractivity contribution in [2.75, 3.05) is 41.5 Å². The monoisotopic (exact) mass is 597 g/mol. The maximum atomic E-state index is 13.4. The van der Waals surface area contributed by atoms with Gasteiger partial charge in [0.1, 0.15) is 10.8 Å². The second-order valence-electron chi connectivity index (χ2n) is 10.6. The van der Waals surface area contributed by atoms with Crippen molar-refractivity contribution in [2.45, 2.75) is 25.7 Å². The normalized spacial score (nSPS) is 14.6. The third-order valence-corrected chi connectivity index (χ3v) is 7.99. The van der Waals surface area contributed by atoms with Gasteiger partial charge in [0.15, 0.2) is 5.82 Å². The van der Waals surface area contributed by atoms with Crippen LogP contribution in [0, 0.1) is 5.92 Å². The Hall–Kier alpha value is -4.83. The summed E-state index contributed by atoms with van der Waals surface area (Å²) >= 11 is 6.40. The van der Waals surface area contributed by atoms with E-state index in [1.165, 1.54) is 0 Å². The number of halogens is 1. The van der Waals surface area contributed by atoms with E-state index in [0.29, 0.717) is 60.6 Å². The molecule has 4 N–H and O–H groups in total. The molecule has 0 aliphatic carbocycles. The summed E-state index contributed by atoms with van der Waals surface area (Å²) in [6, 6.07) is 21.0. The maximum Gasteiger partial charge on any atom is 0.321 e. The van der Waals surface area contributed by atoms with Crippen LogP contribution in [0.4, 0.5) is 39.3 Å². The standard InChI is InChI=1S/C32H32ClN7O3/c1-43-26-7-3-6-24(18-26)37-32(42)40-14-12-21(13-15-40)30(41)38-28-11-10-25-17-22(28)9-8-20-4-2-5-23(16-20)36-31-34-19-27(33)29(35-25)39-31/h2-7,10-11,16-19,21H,8-9,12-15H2,1H3,(H,37,42)(H,38,41)(H2,34,35,36,39). The first-order valence-electron chi connectivity index (χ1n) is 14.2. The SMILES string of the molecule is COc1cccc(NC(=O)N2CCC(C(=O)Nc3ccc4cc3CCc3cccc(c3)Nc3ncc(Cl)c(n3)N4)CC2)c1. The molecule has 2 aliphatic rings. The highest BCUT2D eigenvalue weighted by Crippen LogP contribution is 2.30. The van der Waals surface area contributed by atoms with Crippen molar-refractivity contribution in [2.24, 2.45) is 5.92 Å². The van der Waals surface area contributed by atoms with Gasteiger partial charge in [-0.2, -0.15) is 4.98 Å². The molecule has 1 fully saturated rings. The predicted molar refractivity (Wildman–Crippen MR) is 169 cm³/mol. The van der Waals surface area contributed by atoms with Gasteiger partial charge in [0, 0.05) is 47.8 Å². The van der Waals surface area contributed by atoms with Gasteiger partial charge in [-0.3, -0.25) is 4.79 Å². The van der Waals surface area contributed by atoms with Crippen molar-refractivity contribution >= 4 is 58.1 Å². The summed E-state index contributed by atoms with van der Waals surface area (Å²) in [5, 5.41) is 13.0. The van der Waals surface area contributed by atoms with E-state index in [1.807, 2.05) is 48.5 Å². The number of carbonyl (C=O) groups excluding carboxylic acids is 2. The molecular formula is C32H32ClN7O3. The first kappa shape index (κ1) is 28.3. The molecule has 43 heavy (non-hydrogen) atoms. The minimum Gasteiger partial charge on any atom is -0.497 e. The minimum absolute atomic E-state index is 0.0394. The van der Waals surface area contributed by atoms with Crippen molar-refractivity contribution in [1.82, 2.24) is 14.9 Å². The van der Waals surface area contributed by atoms with Crippen LogP contribution in [-0.2, 0) is 17.6 Å². The Morgan fingerprint density at radius 3 is 2.60 bits per heavy atom. The molecular weight excluding hydrogens is 566 g/mol. The average molecular weight is 598 g/mol. The molecule has 4 aromatic rings. The van der Waals surface area contributed by atoms with Crippen LogP contribution in [0.3, 0.4) is 0 Å². The van der Waals surface area contributed by atoms with Gasteiger partial charge < -0.3 is 30.9 Å². The number of nitrogens with zero attached hydrogens (tertiary/aromatic N) is 3. The Labute approximate surface area is 254 Å². The number of nitrogens with one attached hydrogen (secondary N) is 4. The molecule has 0 spiro atoms. The topological polar surface area (TPSA) is 121 Å². The number of ether oxygens (including phenoxy) is 1. The number of likely N-dealkylation sites (tertiary alicyclic amines) is 1. The van der Waals surface area contributed by atoms with Crippen molar-refractivity contribution in [3.8, 4) is 5.75 Å². The number of rotatable bonds is 4. The number of hydrogen-bond acceptors (Lipinski definition) is 7. The van der Waals surface area contributed by atoms with Crippen molar-refractivity contribution in [3.63, 3.8) is 0 Å². The van der Waals surface area contributed by atoms with E-state index in [9.17, 15) is 9.59 Å². The zero-order valence-electron chi connectivity index (χ0n) is 23.7. The van der Waals surface area contributed by atoms with E-state index in [0.717, 1.165) is 34.6 Å². The largest absolute Gasteiger partial charge is 0.497 e. The van der Waals surface area contributed by atoms with E-state index in [-0.39, 0.29) is 17.9 Å². The van der Waals surface area contributed by atoms with E-state index in [1.54, 1.807) is 24.3 Å². The molecule has 0 unspecified atom stereocenters. The highest BCUT2D eigenvalue weighted by atomic mass is 35.5. The van der Waals surface area contributed by atoms with Crippen LogP contribution >= 0.6 is 11.6 Å². The predicted octanol–water partition coefficient (Wildman–Crippen LogP) is 6.61. The molecule has 1 saturated heterocycles. The number of methoxy groups -OCH3 is 1. The number of aromatic nitrogens is 2. The van der Waals surface area contributed by atoms with Crippen molar-refractivity contribution < 1.29 is 14.3 Å². The van der Waals surface area contributed by atoms with Gasteiger partial charge in [0.05, 0.1) is 13.3 Å². The Kier molecular flexibility index (Phi) is 8.28. The molecule has 0 radical (unpaired) electrons. The van der Waals surface area contributed by atoms with Gasteiger partial charge in [-0.05, 0) is 79.3 Å². The molecule has 220 valence electrons. The third-order valence-electron chi connectivity index (χ3n) is 7.71. The van der Waals surface area contributed by atoms with E-state index < -0.39 is 0 Å². The minimum atomic E-state index is -0.193. The smallest absolute Gasteiger partial charge is 0.321 e. The summed E-state index contributed by atoms with van der Waals surface area (Å²) in [6.45, 7) is 0.991. The Morgan fingerprint density at radius 1 is 0.953 bits per heavy atom. The summed E-state index contributed by atoms with van der Waals surface area (Å²) in [5.41, 5.74) is 5.27. The molecule has 3 aromatic carbocycles. The molecule has 0 atom stereocenters. The van der Waals surface area contributed by atoms with Gasteiger partial charge >= 0.3 is 6.03 Å². The third kappa shape index (κ3) is 6.81. The molecule has 6 rings (SSSR count). The highest BCUT2D eigenvalue weighted by Gasteiger charge is 2.28. The maximum absolute atomic E-state index is 13.4. The summed E-state index contributed by atoms with van der Waals surface area (Å²) < 4.78 is 5.24. The van der Waals surface area contributed by atoms with Gasteiger partial charge in [-0.15, -0.1) is 0 Å². The lowest BCUT2D eigenvalue weighted by Gasteiger charge is -2.31. The first-order valence-corrected chi connectivity index (χ1v) is 14.6.